The lowest BCUT2D eigenvalue weighted by molar-refractivity contribution is -0.188. The van der Waals surface area contributed by atoms with Crippen LogP contribution in [0.15, 0.2) is 12.2 Å². The van der Waals surface area contributed by atoms with E-state index in [4.69, 9.17) is 4.84 Å². The Balaban J connectivity index is 2.12. The van der Waals surface area contributed by atoms with Crippen LogP contribution in [-0.4, -0.2) is 23.5 Å². The monoisotopic (exact) mass is 351 g/mol. The summed E-state index contributed by atoms with van der Waals surface area (Å²) in [4.78, 5) is 29.4. The summed E-state index contributed by atoms with van der Waals surface area (Å²) >= 11 is 0. The average molecular weight is 352 g/mol. The highest BCUT2D eigenvalue weighted by Crippen LogP contribution is 2.22. The molecule has 0 aromatic carbocycles. The predicted octanol–water partition coefficient (Wildman–Crippen LogP) is 5.57. The molecule has 25 heavy (non-hydrogen) atoms. The second kappa shape index (κ2) is 14.1. The summed E-state index contributed by atoms with van der Waals surface area (Å²) in [5.41, 5.74) is 0. The Bertz CT molecular complexity index is 406. The fourth-order valence-corrected chi connectivity index (χ4v) is 3.08. The van der Waals surface area contributed by atoms with E-state index in [0.29, 0.717) is 6.61 Å². The van der Waals surface area contributed by atoms with Gasteiger partial charge >= 0.3 is 0 Å². The van der Waals surface area contributed by atoms with Crippen LogP contribution in [0.3, 0.4) is 0 Å². The molecule has 1 aliphatic heterocycles. The predicted molar refractivity (Wildman–Crippen MR) is 102 cm³/mol. The maximum absolute atomic E-state index is 12.2. The van der Waals surface area contributed by atoms with Crippen molar-refractivity contribution in [2.45, 2.75) is 97.3 Å². The van der Waals surface area contributed by atoms with Crippen LogP contribution in [0.1, 0.15) is 97.3 Å². The van der Waals surface area contributed by atoms with Crippen LogP contribution in [0.4, 0.5) is 0 Å². The summed E-state index contributed by atoms with van der Waals surface area (Å²) < 4.78 is 0. The number of carbonyl (C=O) groups excluding carboxylic acids is 2. The smallest absolute Gasteiger partial charge is 0.260 e. The quantitative estimate of drug-likeness (QED) is 0.220. The fourth-order valence-electron chi connectivity index (χ4n) is 3.08. The second-order valence-corrected chi connectivity index (χ2v) is 7.07. The van der Waals surface area contributed by atoms with E-state index in [9.17, 15) is 9.59 Å². The lowest BCUT2D eigenvalue weighted by atomic mass is 10.0. The second-order valence-electron chi connectivity index (χ2n) is 7.07. The maximum atomic E-state index is 12.2. The first-order chi connectivity index (χ1) is 12.2. The van der Waals surface area contributed by atoms with Crippen molar-refractivity contribution in [2.75, 3.05) is 6.61 Å². The van der Waals surface area contributed by atoms with Gasteiger partial charge in [-0.1, -0.05) is 83.8 Å². The zero-order valence-corrected chi connectivity index (χ0v) is 16.3. The number of hydrogen-bond acceptors (Lipinski definition) is 3. The summed E-state index contributed by atoms with van der Waals surface area (Å²) in [6, 6.07) is 0. The number of rotatable bonds is 15. The average Bonchev–Trinajstić information content (AvgIpc) is 2.87. The molecule has 0 radical (unpaired) electrons. The molecule has 0 N–H and O–H groups in total. The highest BCUT2D eigenvalue weighted by Gasteiger charge is 2.38. The lowest BCUT2D eigenvalue weighted by Crippen LogP contribution is -2.31. The van der Waals surface area contributed by atoms with Gasteiger partial charge in [-0.05, 0) is 19.3 Å². The first-order valence-electron chi connectivity index (χ1n) is 10.4. The van der Waals surface area contributed by atoms with Gasteiger partial charge in [0.25, 0.3) is 11.8 Å². The van der Waals surface area contributed by atoms with Crippen molar-refractivity contribution < 1.29 is 14.4 Å². The van der Waals surface area contributed by atoms with Crippen LogP contribution in [-0.2, 0) is 14.4 Å². The zero-order chi connectivity index (χ0) is 18.3. The number of allylic oxidation sites excluding steroid dienone is 1. The lowest BCUT2D eigenvalue weighted by Gasteiger charge is -2.13. The van der Waals surface area contributed by atoms with Gasteiger partial charge in [-0.15, -0.1) is 0 Å². The van der Waals surface area contributed by atoms with Crippen LogP contribution in [0, 0.1) is 5.92 Å². The van der Waals surface area contributed by atoms with E-state index < -0.39 is 0 Å². The third-order valence-corrected chi connectivity index (χ3v) is 4.70. The van der Waals surface area contributed by atoms with E-state index in [-0.39, 0.29) is 24.2 Å². The molecule has 0 bridgehead atoms. The van der Waals surface area contributed by atoms with Gasteiger partial charge in [0.2, 0.25) is 0 Å². The molecule has 1 aliphatic rings. The Hall–Kier alpha value is -1.16. The third-order valence-electron chi connectivity index (χ3n) is 4.70. The standard InChI is InChI=1S/C21H37NO3/c1-3-5-7-8-9-10-11-12-13-14-16-19-18-20(23)22(21(19)24)25-17-15-6-4-2/h14,16,19H,3-13,15,17-18H2,1-2H3. The van der Waals surface area contributed by atoms with E-state index in [1.165, 1.54) is 44.9 Å². The van der Waals surface area contributed by atoms with Gasteiger partial charge in [0.1, 0.15) is 0 Å². The Morgan fingerprint density at radius 1 is 0.920 bits per heavy atom. The minimum atomic E-state index is -0.326. The van der Waals surface area contributed by atoms with Crippen LogP contribution >= 0.6 is 0 Å². The topological polar surface area (TPSA) is 46.6 Å². The summed E-state index contributed by atoms with van der Waals surface area (Å²) in [6.07, 6.45) is 18.7. The molecule has 1 atom stereocenters. The first kappa shape index (κ1) is 21.9. The number of unbranched alkanes of at least 4 members (excludes halogenated alkanes) is 10. The highest BCUT2D eigenvalue weighted by molar-refractivity contribution is 6.03. The SMILES string of the molecule is CCCCCCCCCCC=CC1CC(=O)N(OCCCCC)C1=O. The van der Waals surface area contributed by atoms with Gasteiger partial charge in [0.05, 0.1) is 12.5 Å². The number of imide groups is 1. The van der Waals surface area contributed by atoms with E-state index >= 15 is 0 Å². The van der Waals surface area contributed by atoms with Crippen molar-refractivity contribution in [2.24, 2.45) is 5.92 Å². The van der Waals surface area contributed by atoms with Crippen molar-refractivity contribution >= 4 is 11.8 Å². The Morgan fingerprint density at radius 2 is 1.52 bits per heavy atom. The van der Waals surface area contributed by atoms with E-state index in [0.717, 1.165) is 37.2 Å². The summed E-state index contributed by atoms with van der Waals surface area (Å²) in [5, 5.41) is 0.987. The molecule has 1 unspecified atom stereocenters. The van der Waals surface area contributed by atoms with E-state index in [2.05, 4.69) is 19.9 Å². The van der Waals surface area contributed by atoms with Gasteiger partial charge < -0.3 is 0 Å². The van der Waals surface area contributed by atoms with Gasteiger partial charge in [-0.3, -0.25) is 14.4 Å². The molecule has 4 nitrogen and oxygen atoms in total. The summed E-state index contributed by atoms with van der Waals surface area (Å²) in [7, 11) is 0. The fraction of sp³-hybridized carbons (Fsp3) is 0.810. The summed E-state index contributed by atoms with van der Waals surface area (Å²) in [5.74, 6) is -0.732. The Kier molecular flexibility index (Phi) is 12.3. The molecule has 0 saturated carbocycles. The molecular weight excluding hydrogens is 314 g/mol. The van der Waals surface area contributed by atoms with Crippen molar-refractivity contribution in [1.29, 1.82) is 0 Å². The van der Waals surface area contributed by atoms with Crippen LogP contribution < -0.4 is 0 Å². The van der Waals surface area contributed by atoms with Gasteiger partial charge in [-0.2, -0.15) is 5.06 Å². The molecule has 2 amide bonds. The number of hydrogen-bond donors (Lipinski definition) is 0. The normalized spacial score (nSPS) is 18.0. The Labute approximate surface area is 153 Å². The summed E-state index contributed by atoms with van der Waals surface area (Å²) in [6.45, 7) is 4.80. The largest absolute Gasteiger partial charge is 0.272 e. The minimum Gasteiger partial charge on any atom is -0.272 e. The Morgan fingerprint density at radius 3 is 2.20 bits per heavy atom. The molecule has 0 spiro atoms. The molecule has 0 aromatic heterocycles. The molecule has 144 valence electrons. The molecule has 1 fully saturated rings. The first-order valence-corrected chi connectivity index (χ1v) is 10.4. The van der Waals surface area contributed by atoms with Crippen molar-refractivity contribution in [1.82, 2.24) is 5.06 Å². The minimum absolute atomic E-state index is 0.200. The van der Waals surface area contributed by atoms with Crippen LogP contribution in [0.2, 0.25) is 0 Å². The molecular formula is C21H37NO3. The molecule has 0 aliphatic carbocycles. The van der Waals surface area contributed by atoms with Crippen LogP contribution in [0.5, 0.6) is 0 Å². The van der Waals surface area contributed by atoms with Crippen molar-refractivity contribution in [3.63, 3.8) is 0 Å². The molecule has 0 aromatic rings. The molecule has 1 heterocycles. The third kappa shape index (κ3) is 9.20. The molecule has 1 rings (SSSR count). The van der Waals surface area contributed by atoms with E-state index in [1.54, 1.807) is 0 Å². The van der Waals surface area contributed by atoms with Crippen molar-refractivity contribution in [3.05, 3.63) is 12.2 Å². The number of nitrogens with zero attached hydrogens (tertiary/aromatic N) is 1. The van der Waals surface area contributed by atoms with E-state index in [1.807, 2.05) is 6.08 Å². The number of carbonyl (C=O) groups is 2. The van der Waals surface area contributed by atoms with Crippen molar-refractivity contribution in [3.8, 4) is 0 Å². The highest BCUT2D eigenvalue weighted by atomic mass is 16.7. The maximum Gasteiger partial charge on any atom is 0.260 e. The number of hydroxylamine groups is 2. The molecule has 1 saturated heterocycles. The van der Waals surface area contributed by atoms with Gasteiger partial charge in [0.15, 0.2) is 0 Å². The zero-order valence-electron chi connectivity index (χ0n) is 16.3. The molecule has 4 heteroatoms. The van der Waals surface area contributed by atoms with Gasteiger partial charge in [0, 0.05) is 6.42 Å². The van der Waals surface area contributed by atoms with Gasteiger partial charge in [-0.25, -0.2) is 0 Å². The van der Waals surface area contributed by atoms with Crippen LogP contribution in [0.25, 0.3) is 0 Å². The number of amides is 2.